The van der Waals surface area contributed by atoms with Gasteiger partial charge in [-0.05, 0) is 97.2 Å². The number of pyridine rings is 1. The van der Waals surface area contributed by atoms with Crippen molar-refractivity contribution in [2.45, 2.75) is 43.9 Å². The number of hydrogen-bond acceptors (Lipinski definition) is 4. The zero-order valence-electron chi connectivity index (χ0n) is 19.8. The first kappa shape index (κ1) is 23.3. The third-order valence-corrected chi connectivity index (χ3v) is 7.30. The molecule has 182 valence electrons. The average Bonchev–Trinajstić information content (AvgIpc) is 2.85. The Labute approximate surface area is 204 Å². The molecule has 2 aliphatic rings. The Bertz CT molecular complexity index is 1220. The van der Waals surface area contributed by atoms with Crippen LogP contribution in [0.1, 0.15) is 52.2 Å². The number of alkyl halides is 2. The number of carboxylic acids is 1. The predicted molar refractivity (Wildman–Crippen MR) is 133 cm³/mol. The maximum Gasteiger partial charge on any atom is 0.336 e. The fraction of sp³-hybridized carbons (Fsp3) is 0.357. The average molecular weight is 478 g/mol. The quantitative estimate of drug-likeness (QED) is 0.449. The smallest absolute Gasteiger partial charge is 0.336 e. The summed E-state index contributed by atoms with van der Waals surface area (Å²) in [5.41, 5.74) is 6.73. The molecule has 0 amide bonds. The highest BCUT2D eigenvalue weighted by Crippen LogP contribution is 2.38. The molecule has 2 aromatic carbocycles. The normalized spacial score (nSPS) is 18.5. The molecular weight excluding hydrogens is 448 g/mol. The van der Waals surface area contributed by atoms with E-state index in [0.717, 1.165) is 48.3 Å². The van der Waals surface area contributed by atoms with Gasteiger partial charge in [-0.1, -0.05) is 6.07 Å². The van der Waals surface area contributed by atoms with Crippen molar-refractivity contribution in [3.63, 3.8) is 0 Å². The Morgan fingerprint density at radius 2 is 1.89 bits per heavy atom. The molecule has 7 heteroatoms. The summed E-state index contributed by atoms with van der Waals surface area (Å²) >= 11 is 0. The van der Waals surface area contributed by atoms with E-state index in [2.05, 4.69) is 28.1 Å². The standard InChI is InChI=1S/C28H29F2N3O2/c1-32(22-7-9-23(10-8-22)33-17-28(29,30)18-33)24-11-12-25-19(3-2-4-20(25)15-24)5-6-21-16-31-14-13-26(21)27(34)35/h7-16,19H,2-6,17-18H2,1H3,(H,34,35)/t19-/m0/s1. The highest BCUT2D eigenvalue weighted by atomic mass is 19.3. The number of aryl methyl sites for hydroxylation is 2. The molecule has 0 saturated carbocycles. The lowest BCUT2D eigenvalue weighted by Crippen LogP contribution is -2.56. The van der Waals surface area contributed by atoms with Gasteiger partial charge in [0.2, 0.25) is 0 Å². The largest absolute Gasteiger partial charge is 0.478 e. The van der Waals surface area contributed by atoms with Gasteiger partial charge in [-0.2, -0.15) is 0 Å². The van der Waals surface area contributed by atoms with Gasteiger partial charge in [-0.15, -0.1) is 0 Å². The second-order valence-corrected chi connectivity index (χ2v) is 9.64. The number of nitrogens with zero attached hydrogens (tertiary/aromatic N) is 3. The van der Waals surface area contributed by atoms with Gasteiger partial charge in [-0.3, -0.25) is 4.98 Å². The lowest BCUT2D eigenvalue weighted by Gasteiger charge is -2.40. The van der Waals surface area contributed by atoms with E-state index < -0.39 is 11.9 Å². The van der Waals surface area contributed by atoms with Crippen LogP contribution in [0.4, 0.5) is 25.8 Å². The first-order chi connectivity index (χ1) is 16.8. The summed E-state index contributed by atoms with van der Waals surface area (Å²) < 4.78 is 26.4. The lowest BCUT2D eigenvalue weighted by molar-refractivity contribution is -0.0262. The summed E-state index contributed by atoms with van der Waals surface area (Å²) in [6, 6.07) is 15.9. The summed E-state index contributed by atoms with van der Waals surface area (Å²) in [5, 5.41) is 9.45. The molecule has 35 heavy (non-hydrogen) atoms. The van der Waals surface area contributed by atoms with Crippen molar-refractivity contribution in [1.82, 2.24) is 4.98 Å². The Kier molecular flexibility index (Phi) is 6.17. The number of carboxylic acid groups (broad SMARTS) is 1. The summed E-state index contributed by atoms with van der Waals surface area (Å²) in [5.74, 6) is -3.09. The monoisotopic (exact) mass is 477 g/mol. The summed E-state index contributed by atoms with van der Waals surface area (Å²) in [6.07, 6.45) is 8.02. The van der Waals surface area contributed by atoms with E-state index in [0.29, 0.717) is 17.9 Å². The number of rotatable bonds is 7. The molecule has 5 rings (SSSR count). The molecule has 1 aliphatic heterocycles. The maximum atomic E-state index is 13.2. The fourth-order valence-corrected chi connectivity index (χ4v) is 5.31. The molecule has 1 fully saturated rings. The highest BCUT2D eigenvalue weighted by molar-refractivity contribution is 5.89. The highest BCUT2D eigenvalue weighted by Gasteiger charge is 2.43. The van der Waals surface area contributed by atoms with Crippen molar-refractivity contribution in [3.05, 3.63) is 83.2 Å². The van der Waals surface area contributed by atoms with E-state index in [1.165, 1.54) is 17.3 Å². The second-order valence-electron chi connectivity index (χ2n) is 9.64. The van der Waals surface area contributed by atoms with Crippen molar-refractivity contribution in [1.29, 1.82) is 0 Å². The molecule has 0 spiro atoms. The predicted octanol–water partition coefficient (Wildman–Crippen LogP) is 6.06. The van der Waals surface area contributed by atoms with E-state index in [-0.39, 0.29) is 13.1 Å². The molecule has 5 nitrogen and oxygen atoms in total. The number of benzene rings is 2. The third-order valence-electron chi connectivity index (χ3n) is 7.30. The molecule has 0 bridgehead atoms. The van der Waals surface area contributed by atoms with Gasteiger partial charge in [0.15, 0.2) is 0 Å². The first-order valence-electron chi connectivity index (χ1n) is 12.1. The zero-order chi connectivity index (χ0) is 24.6. The number of fused-ring (bicyclic) bond motifs is 1. The van der Waals surface area contributed by atoms with Gasteiger partial charge in [0.25, 0.3) is 5.92 Å². The molecule has 1 saturated heterocycles. The van der Waals surface area contributed by atoms with Crippen molar-refractivity contribution in [2.75, 3.05) is 29.9 Å². The van der Waals surface area contributed by atoms with Gasteiger partial charge >= 0.3 is 5.97 Å². The van der Waals surface area contributed by atoms with Gasteiger partial charge < -0.3 is 14.9 Å². The third kappa shape index (κ3) is 4.85. The molecule has 0 radical (unpaired) electrons. The topological polar surface area (TPSA) is 56.7 Å². The van der Waals surface area contributed by atoms with Gasteiger partial charge in [0, 0.05) is 36.5 Å². The summed E-state index contributed by atoms with van der Waals surface area (Å²) in [7, 11) is 2.02. The van der Waals surface area contributed by atoms with Crippen molar-refractivity contribution >= 4 is 23.0 Å². The molecule has 1 atom stereocenters. The van der Waals surface area contributed by atoms with E-state index in [4.69, 9.17) is 0 Å². The van der Waals surface area contributed by atoms with Crippen LogP contribution >= 0.6 is 0 Å². The molecule has 1 aromatic heterocycles. The van der Waals surface area contributed by atoms with Crippen LogP contribution in [-0.2, 0) is 12.8 Å². The van der Waals surface area contributed by atoms with Crippen LogP contribution in [0, 0.1) is 0 Å². The van der Waals surface area contributed by atoms with Crippen LogP contribution in [0.25, 0.3) is 0 Å². The SMILES string of the molecule is CN(c1ccc(N2CC(F)(F)C2)cc1)c1ccc2c(c1)CCC[C@H]2CCc1cnccc1C(=O)O. The minimum absolute atomic E-state index is 0.216. The Morgan fingerprint density at radius 3 is 2.60 bits per heavy atom. The molecule has 2 heterocycles. The Hall–Kier alpha value is -3.48. The minimum atomic E-state index is -2.58. The van der Waals surface area contributed by atoms with Crippen molar-refractivity contribution < 1.29 is 18.7 Å². The van der Waals surface area contributed by atoms with Gasteiger partial charge in [0.05, 0.1) is 18.7 Å². The number of halogens is 2. The Balaban J connectivity index is 1.28. The molecule has 0 unspecified atom stereocenters. The second kappa shape index (κ2) is 9.29. The Morgan fingerprint density at radius 1 is 1.14 bits per heavy atom. The van der Waals surface area contributed by atoms with E-state index in [1.807, 2.05) is 31.3 Å². The van der Waals surface area contributed by atoms with E-state index >= 15 is 0 Å². The summed E-state index contributed by atoms with van der Waals surface area (Å²) in [6.45, 7) is -0.431. The van der Waals surface area contributed by atoms with Crippen molar-refractivity contribution in [3.8, 4) is 0 Å². The molecular formula is C28H29F2N3O2. The van der Waals surface area contributed by atoms with Crippen molar-refractivity contribution in [2.24, 2.45) is 0 Å². The molecule has 1 aliphatic carbocycles. The number of hydrogen-bond donors (Lipinski definition) is 1. The fourth-order valence-electron chi connectivity index (χ4n) is 5.31. The minimum Gasteiger partial charge on any atom is -0.478 e. The summed E-state index contributed by atoms with van der Waals surface area (Å²) in [4.78, 5) is 19.4. The van der Waals surface area contributed by atoms with Crippen LogP contribution in [-0.4, -0.2) is 42.1 Å². The van der Waals surface area contributed by atoms with Crippen LogP contribution < -0.4 is 9.80 Å². The van der Waals surface area contributed by atoms with Crippen LogP contribution in [0.5, 0.6) is 0 Å². The van der Waals surface area contributed by atoms with E-state index in [9.17, 15) is 18.7 Å². The van der Waals surface area contributed by atoms with Crippen LogP contribution in [0.15, 0.2) is 60.9 Å². The van der Waals surface area contributed by atoms with Crippen LogP contribution in [0.2, 0.25) is 0 Å². The maximum absolute atomic E-state index is 13.2. The van der Waals surface area contributed by atoms with Crippen LogP contribution in [0.3, 0.4) is 0 Å². The lowest BCUT2D eigenvalue weighted by atomic mass is 9.79. The first-order valence-corrected chi connectivity index (χ1v) is 12.1. The molecule has 1 N–H and O–H groups in total. The number of anilines is 3. The number of aromatic carboxylic acids is 1. The number of carbonyl (C=O) groups is 1. The number of aromatic nitrogens is 1. The van der Waals surface area contributed by atoms with Gasteiger partial charge in [-0.25, -0.2) is 13.6 Å². The molecule has 3 aromatic rings. The zero-order valence-corrected chi connectivity index (χ0v) is 19.8. The van der Waals surface area contributed by atoms with Gasteiger partial charge in [0.1, 0.15) is 0 Å². The van der Waals surface area contributed by atoms with E-state index in [1.54, 1.807) is 17.2 Å².